The van der Waals surface area contributed by atoms with Crippen molar-refractivity contribution >= 4 is 28.1 Å². The summed E-state index contributed by atoms with van der Waals surface area (Å²) >= 11 is 0. The first kappa shape index (κ1) is 14.7. The van der Waals surface area contributed by atoms with Gasteiger partial charge < -0.3 is 14.8 Å². The molecule has 0 fully saturated rings. The van der Waals surface area contributed by atoms with Crippen LogP contribution in [-0.4, -0.2) is 24.2 Å². The molecule has 0 radical (unpaired) electrons. The van der Waals surface area contributed by atoms with E-state index in [2.05, 4.69) is 20.4 Å². The van der Waals surface area contributed by atoms with E-state index in [-0.39, 0.29) is 0 Å². The Morgan fingerprint density at radius 3 is 2.35 bits per heavy atom. The van der Waals surface area contributed by atoms with Crippen LogP contribution in [0.4, 0.5) is 17.2 Å². The molecule has 0 spiro atoms. The highest BCUT2D eigenvalue weighted by Gasteiger charge is 2.11. The Morgan fingerprint density at radius 2 is 1.70 bits per heavy atom. The summed E-state index contributed by atoms with van der Waals surface area (Å²) in [5.41, 5.74) is 9.16. The molecule has 0 aliphatic carbocycles. The second-order valence-electron chi connectivity index (χ2n) is 4.73. The van der Waals surface area contributed by atoms with E-state index in [4.69, 9.17) is 15.0 Å². The van der Waals surface area contributed by atoms with Gasteiger partial charge >= 0.3 is 0 Å². The molecule has 0 amide bonds. The van der Waals surface area contributed by atoms with Crippen LogP contribution >= 0.6 is 0 Å². The maximum Gasteiger partial charge on any atom is 0.162 e. The Morgan fingerprint density at radius 1 is 1.00 bits per heavy atom. The van der Waals surface area contributed by atoms with E-state index < -0.39 is 0 Å². The third kappa shape index (κ3) is 2.89. The van der Waals surface area contributed by atoms with Crippen molar-refractivity contribution in [1.29, 1.82) is 5.53 Å². The third-order valence-electron chi connectivity index (χ3n) is 3.40. The molecule has 2 aromatic carbocycles. The zero-order chi connectivity index (χ0) is 16.2. The van der Waals surface area contributed by atoms with Crippen molar-refractivity contribution in [1.82, 2.24) is 9.97 Å². The number of nitrogens with one attached hydrogen (secondary N) is 2. The van der Waals surface area contributed by atoms with Gasteiger partial charge in [0.1, 0.15) is 12.1 Å². The van der Waals surface area contributed by atoms with E-state index in [1.165, 1.54) is 6.33 Å². The SMILES string of the molecule is COc1cc2ncnc(Nc3ccc(N=N)cc3)c2cc1OC. The maximum atomic E-state index is 6.98. The summed E-state index contributed by atoms with van der Waals surface area (Å²) in [6, 6.07) is 10.8. The highest BCUT2D eigenvalue weighted by Crippen LogP contribution is 2.34. The molecule has 0 aliphatic rings. The smallest absolute Gasteiger partial charge is 0.162 e. The third-order valence-corrected chi connectivity index (χ3v) is 3.40. The summed E-state index contributed by atoms with van der Waals surface area (Å²) in [6.07, 6.45) is 1.49. The van der Waals surface area contributed by atoms with Gasteiger partial charge in [0.2, 0.25) is 0 Å². The van der Waals surface area contributed by atoms with Crippen molar-refractivity contribution in [3.05, 3.63) is 42.7 Å². The Hall–Kier alpha value is -3.22. The maximum absolute atomic E-state index is 6.98. The van der Waals surface area contributed by atoms with Crippen LogP contribution in [0.5, 0.6) is 11.5 Å². The molecule has 3 aromatic rings. The Balaban J connectivity index is 2.04. The second kappa shape index (κ2) is 6.27. The zero-order valence-corrected chi connectivity index (χ0v) is 12.7. The number of ether oxygens (including phenoxy) is 2. The van der Waals surface area contributed by atoms with E-state index in [0.717, 1.165) is 16.6 Å². The fraction of sp³-hybridized carbons (Fsp3) is 0.125. The standard InChI is InChI=1S/C16H15N5O2/c1-22-14-7-12-13(8-15(14)23-2)18-9-19-16(12)20-10-3-5-11(21-17)6-4-10/h3-9,17H,1-2H3,(H,18,19,20). The van der Waals surface area contributed by atoms with E-state index in [1.54, 1.807) is 26.4 Å². The number of benzene rings is 2. The van der Waals surface area contributed by atoms with E-state index >= 15 is 0 Å². The van der Waals surface area contributed by atoms with Crippen molar-refractivity contribution < 1.29 is 9.47 Å². The molecule has 3 rings (SSSR count). The molecule has 1 heterocycles. The summed E-state index contributed by atoms with van der Waals surface area (Å²) < 4.78 is 10.6. The lowest BCUT2D eigenvalue weighted by Gasteiger charge is -2.12. The molecular weight excluding hydrogens is 294 g/mol. The van der Waals surface area contributed by atoms with Crippen molar-refractivity contribution in [2.45, 2.75) is 0 Å². The Kier molecular flexibility index (Phi) is 4.01. The van der Waals surface area contributed by atoms with Gasteiger partial charge in [0.15, 0.2) is 11.5 Å². The molecule has 0 saturated heterocycles. The van der Waals surface area contributed by atoms with Gasteiger partial charge in [-0.25, -0.2) is 15.5 Å². The molecule has 0 aliphatic heterocycles. The molecular formula is C16H15N5O2. The number of rotatable bonds is 5. The van der Waals surface area contributed by atoms with Crippen LogP contribution in [0.25, 0.3) is 10.9 Å². The van der Waals surface area contributed by atoms with Gasteiger partial charge in [0.25, 0.3) is 0 Å². The molecule has 1 aromatic heterocycles. The van der Waals surface area contributed by atoms with Crippen molar-refractivity contribution in [3.8, 4) is 11.5 Å². The molecule has 23 heavy (non-hydrogen) atoms. The quantitative estimate of drug-likeness (QED) is 0.693. The lowest BCUT2D eigenvalue weighted by molar-refractivity contribution is 0.356. The zero-order valence-electron chi connectivity index (χ0n) is 12.7. The molecule has 7 nitrogen and oxygen atoms in total. The Bertz CT molecular complexity index is 849. The van der Waals surface area contributed by atoms with Gasteiger partial charge in [0.05, 0.1) is 25.4 Å². The minimum Gasteiger partial charge on any atom is -0.493 e. The van der Waals surface area contributed by atoms with Gasteiger partial charge in [-0.3, -0.25) is 0 Å². The summed E-state index contributed by atoms with van der Waals surface area (Å²) in [5, 5.41) is 7.43. The van der Waals surface area contributed by atoms with Crippen LogP contribution in [0.3, 0.4) is 0 Å². The van der Waals surface area contributed by atoms with E-state index in [9.17, 15) is 0 Å². The fourth-order valence-corrected chi connectivity index (χ4v) is 2.24. The first-order chi connectivity index (χ1) is 11.2. The summed E-state index contributed by atoms with van der Waals surface area (Å²) in [5.74, 6) is 1.89. The molecule has 0 atom stereocenters. The van der Waals surface area contributed by atoms with Gasteiger partial charge in [-0.05, 0) is 30.3 Å². The number of nitrogens with zero attached hydrogens (tertiary/aromatic N) is 3. The number of aromatic nitrogens is 2. The van der Waals surface area contributed by atoms with Crippen LogP contribution in [0, 0.1) is 5.53 Å². The van der Waals surface area contributed by atoms with Crippen LogP contribution in [-0.2, 0) is 0 Å². The molecule has 0 unspecified atom stereocenters. The number of methoxy groups -OCH3 is 2. The van der Waals surface area contributed by atoms with Gasteiger partial charge in [-0.15, -0.1) is 0 Å². The topological polar surface area (TPSA) is 92.5 Å². The molecule has 0 bridgehead atoms. The van der Waals surface area contributed by atoms with Crippen LogP contribution in [0.2, 0.25) is 0 Å². The van der Waals surface area contributed by atoms with Crippen LogP contribution < -0.4 is 14.8 Å². The fourth-order valence-electron chi connectivity index (χ4n) is 2.24. The molecule has 7 heteroatoms. The number of hydrogen-bond donors (Lipinski definition) is 2. The minimum atomic E-state index is 0.592. The van der Waals surface area contributed by atoms with E-state index in [0.29, 0.717) is 23.0 Å². The predicted molar refractivity (Wildman–Crippen MR) is 87.2 cm³/mol. The monoisotopic (exact) mass is 309 g/mol. The number of fused-ring (bicyclic) bond motifs is 1. The largest absolute Gasteiger partial charge is 0.493 e. The highest BCUT2D eigenvalue weighted by atomic mass is 16.5. The molecule has 0 saturated carbocycles. The second-order valence-corrected chi connectivity index (χ2v) is 4.73. The van der Waals surface area contributed by atoms with Crippen molar-refractivity contribution in [2.24, 2.45) is 5.11 Å². The number of anilines is 2. The normalized spacial score (nSPS) is 10.3. The lowest BCUT2D eigenvalue weighted by Crippen LogP contribution is -1.97. The molecule has 2 N–H and O–H groups in total. The first-order valence-electron chi connectivity index (χ1n) is 6.86. The summed E-state index contributed by atoms with van der Waals surface area (Å²) in [4.78, 5) is 8.57. The van der Waals surface area contributed by atoms with E-state index in [1.807, 2.05) is 24.3 Å². The Labute approximate surface area is 132 Å². The van der Waals surface area contributed by atoms with Crippen LogP contribution in [0.15, 0.2) is 47.8 Å². The highest BCUT2D eigenvalue weighted by molar-refractivity contribution is 5.93. The summed E-state index contributed by atoms with van der Waals surface area (Å²) in [7, 11) is 3.17. The molecule has 116 valence electrons. The van der Waals surface area contributed by atoms with Crippen molar-refractivity contribution in [3.63, 3.8) is 0 Å². The average Bonchev–Trinajstić information content (AvgIpc) is 2.61. The first-order valence-corrected chi connectivity index (χ1v) is 6.86. The summed E-state index contributed by atoms with van der Waals surface area (Å²) in [6.45, 7) is 0. The average molecular weight is 309 g/mol. The van der Waals surface area contributed by atoms with Crippen LogP contribution in [0.1, 0.15) is 0 Å². The van der Waals surface area contributed by atoms with Gasteiger partial charge in [0, 0.05) is 17.1 Å². The minimum absolute atomic E-state index is 0.592. The van der Waals surface area contributed by atoms with Gasteiger partial charge in [-0.1, -0.05) is 0 Å². The van der Waals surface area contributed by atoms with Gasteiger partial charge in [-0.2, -0.15) is 5.11 Å². The predicted octanol–water partition coefficient (Wildman–Crippen LogP) is 4.05. The number of hydrogen-bond acceptors (Lipinski definition) is 7. The lowest BCUT2D eigenvalue weighted by atomic mass is 10.2. The van der Waals surface area contributed by atoms with Crippen molar-refractivity contribution in [2.75, 3.05) is 19.5 Å².